The Morgan fingerprint density at radius 3 is 1.42 bits per heavy atom. The van der Waals surface area contributed by atoms with Gasteiger partial charge in [-0.3, -0.25) is 0 Å². The van der Waals surface area contributed by atoms with Crippen LogP contribution in [0.1, 0.15) is 83.4 Å². The second-order valence-corrected chi connectivity index (χ2v) is 8.91. The minimum absolute atomic E-state index is 0.0131. The van der Waals surface area contributed by atoms with Gasteiger partial charge in [-0.15, -0.1) is 0 Å². The second kappa shape index (κ2) is 12.6. The maximum Gasteiger partial charge on any atom is 0.335 e. The Morgan fingerprint density at radius 1 is 0.636 bits per heavy atom. The summed E-state index contributed by atoms with van der Waals surface area (Å²) in [6, 6.07) is 24.5. The van der Waals surface area contributed by atoms with Crippen molar-refractivity contribution in [2.45, 2.75) is 52.4 Å². The van der Waals surface area contributed by atoms with Gasteiger partial charge in [0.05, 0.1) is 11.1 Å². The van der Waals surface area contributed by atoms with Crippen molar-refractivity contribution < 1.29 is 19.8 Å². The van der Waals surface area contributed by atoms with Gasteiger partial charge in [-0.1, -0.05) is 94.4 Å². The molecule has 0 saturated heterocycles. The Bertz CT molecular complexity index is 979. The lowest BCUT2D eigenvalue weighted by Crippen LogP contribution is -2.10. The lowest BCUT2D eigenvalue weighted by atomic mass is 9.84. The van der Waals surface area contributed by atoms with E-state index in [0.717, 1.165) is 17.0 Å². The van der Waals surface area contributed by atoms with Gasteiger partial charge in [-0.05, 0) is 59.4 Å². The zero-order valence-corrected chi connectivity index (χ0v) is 19.9. The van der Waals surface area contributed by atoms with E-state index in [-0.39, 0.29) is 11.8 Å². The lowest BCUT2D eigenvalue weighted by molar-refractivity contribution is 0.0685. The topological polar surface area (TPSA) is 74.6 Å². The van der Waals surface area contributed by atoms with Crippen LogP contribution in [0.3, 0.4) is 0 Å². The molecule has 0 aromatic heterocycles. The van der Waals surface area contributed by atoms with Crippen LogP contribution < -0.4 is 0 Å². The number of carboxylic acids is 2. The van der Waals surface area contributed by atoms with Gasteiger partial charge in [0.15, 0.2) is 0 Å². The fraction of sp³-hybridized carbons (Fsp3) is 0.310. The van der Waals surface area contributed by atoms with Crippen LogP contribution >= 0.6 is 0 Å². The Balaban J connectivity index is 0.000000321. The standard InChI is InChI=1S/C19H20O4.C10H14/c1-12(14-7-3-5-9-16(14)18(20)21)11-13(2)15-8-4-6-10-17(15)19(22)23;1-9(2)8-10-6-4-3-5-7-10/h3-10,12-13H,11H2,1-2H3,(H,20,21)(H,22,23);3-7,9H,8H2,1-2H3. The lowest BCUT2D eigenvalue weighted by Gasteiger charge is -2.20. The summed E-state index contributed by atoms with van der Waals surface area (Å²) in [6.45, 7) is 8.43. The van der Waals surface area contributed by atoms with Crippen LogP contribution in [-0.4, -0.2) is 22.2 Å². The van der Waals surface area contributed by atoms with Gasteiger partial charge >= 0.3 is 11.9 Å². The summed E-state index contributed by atoms with van der Waals surface area (Å²) in [5.74, 6) is -1.09. The molecular weight excluding hydrogens is 412 g/mol. The molecule has 0 aliphatic heterocycles. The molecule has 0 fully saturated rings. The van der Waals surface area contributed by atoms with Crippen molar-refractivity contribution in [1.29, 1.82) is 0 Å². The highest BCUT2D eigenvalue weighted by atomic mass is 16.4. The molecule has 0 heterocycles. The number of hydrogen-bond acceptors (Lipinski definition) is 2. The van der Waals surface area contributed by atoms with Gasteiger partial charge in [0, 0.05) is 0 Å². The number of benzene rings is 3. The number of hydrogen-bond donors (Lipinski definition) is 2. The second-order valence-electron chi connectivity index (χ2n) is 8.91. The number of carboxylic acid groups (broad SMARTS) is 2. The largest absolute Gasteiger partial charge is 0.478 e. The number of carbonyl (C=O) groups is 2. The van der Waals surface area contributed by atoms with E-state index in [4.69, 9.17) is 0 Å². The molecule has 3 aromatic carbocycles. The van der Waals surface area contributed by atoms with Crippen LogP contribution in [0.4, 0.5) is 0 Å². The molecule has 3 rings (SSSR count). The Labute approximate surface area is 196 Å². The van der Waals surface area contributed by atoms with E-state index in [1.54, 1.807) is 24.3 Å². The fourth-order valence-corrected chi connectivity index (χ4v) is 4.11. The molecular formula is C29H34O4. The third-order valence-electron chi connectivity index (χ3n) is 5.64. The quantitative estimate of drug-likeness (QED) is 0.382. The van der Waals surface area contributed by atoms with E-state index in [9.17, 15) is 19.8 Å². The van der Waals surface area contributed by atoms with E-state index in [1.807, 2.05) is 38.1 Å². The maximum atomic E-state index is 11.3. The van der Waals surface area contributed by atoms with Crippen molar-refractivity contribution in [3.63, 3.8) is 0 Å². The summed E-state index contributed by atoms with van der Waals surface area (Å²) in [5, 5.41) is 18.6. The average molecular weight is 447 g/mol. The summed E-state index contributed by atoms with van der Waals surface area (Å²) in [6.07, 6.45) is 1.87. The van der Waals surface area contributed by atoms with Crippen molar-refractivity contribution >= 4 is 11.9 Å². The number of rotatable bonds is 8. The average Bonchev–Trinajstić information content (AvgIpc) is 2.79. The molecule has 3 aromatic rings. The SMILES string of the molecule is CC(C)Cc1ccccc1.CC(CC(C)c1ccccc1C(=O)O)c1ccccc1C(=O)O. The molecule has 33 heavy (non-hydrogen) atoms. The third kappa shape index (κ3) is 7.90. The van der Waals surface area contributed by atoms with Crippen LogP contribution in [0, 0.1) is 5.92 Å². The van der Waals surface area contributed by atoms with Crippen LogP contribution in [0.2, 0.25) is 0 Å². The van der Waals surface area contributed by atoms with Crippen LogP contribution in [0.15, 0.2) is 78.9 Å². The molecule has 174 valence electrons. The minimum Gasteiger partial charge on any atom is -0.478 e. The molecule has 0 aliphatic carbocycles. The molecule has 4 nitrogen and oxygen atoms in total. The third-order valence-corrected chi connectivity index (χ3v) is 5.64. The molecule has 2 unspecified atom stereocenters. The summed E-state index contributed by atoms with van der Waals surface area (Å²) < 4.78 is 0. The molecule has 0 amide bonds. The zero-order chi connectivity index (χ0) is 24.4. The van der Waals surface area contributed by atoms with Crippen molar-refractivity contribution in [2.24, 2.45) is 5.92 Å². The summed E-state index contributed by atoms with van der Waals surface area (Å²) in [4.78, 5) is 22.7. The smallest absolute Gasteiger partial charge is 0.335 e. The first-order chi connectivity index (χ1) is 15.7. The van der Waals surface area contributed by atoms with Crippen molar-refractivity contribution in [2.75, 3.05) is 0 Å². The maximum absolute atomic E-state index is 11.3. The minimum atomic E-state index is -0.939. The summed E-state index contributed by atoms with van der Waals surface area (Å²) >= 11 is 0. The van der Waals surface area contributed by atoms with E-state index in [0.29, 0.717) is 17.5 Å². The first-order valence-corrected chi connectivity index (χ1v) is 11.4. The van der Waals surface area contributed by atoms with Crippen LogP contribution in [0.25, 0.3) is 0 Å². The molecule has 0 saturated carbocycles. The molecule has 4 heteroatoms. The Hall–Kier alpha value is -3.40. The fourth-order valence-electron chi connectivity index (χ4n) is 4.11. The van der Waals surface area contributed by atoms with E-state index in [2.05, 4.69) is 44.2 Å². The summed E-state index contributed by atoms with van der Waals surface area (Å²) in [7, 11) is 0. The van der Waals surface area contributed by atoms with Gasteiger partial charge in [0.25, 0.3) is 0 Å². The number of aromatic carboxylic acids is 2. The van der Waals surface area contributed by atoms with E-state index >= 15 is 0 Å². The van der Waals surface area contributed by atoms with Crippen LogP contribution in [0.5, 0.6) is 0 Å². The monoisotopic (exact) mass is 446 g/mol. The molecule has 0 bridgehead atoms. The highest BCUT2D eigenvalue weighted by Crippen LogP contribution is 2.32. The first kappa shape index (κ1) is 25.9. The summed E-state index contributed by atoms with van der Waals surface area (Å²) in [5.41, 5.74) is 3.61. The highest BCUT2D eigenvalue weighted by molar-refractivity contribution is 5.90. The predicted molar refractivity (Wildman–Crippen MR) is 133 cm³/mol. The normalized spacial score (nSPS) is 12.4. The zero-order valence-electron chi connectivity index (χ0n) is 19.9. The van der Waals surface area contributed by atoms with E-state index in [1.165, 1.54) is 12.0 Å². The van der Waals surface area contributed by atoms with E-state index < -0.39 is 11.9 Å². The molecule has 0 radical (unpaired) electrons. The van der Waals surface area contributed by atoms with Crippen molar-refractivity contribution in [3.8, 4) is 0 Å². The van der Waals surface area contributed by atoms with Crippen molar-refractivity contribution in [1.82, 2.24) is 0 Å². The Morgan fingerprint density at radius 2 is 1.03 bits per heavy atom. The molecule has 2 N–H and O–H groups in total. The van der Waals surface area contributed by atoms with Gasteiger partial charge in [-0.25, -0.2) is 9.59 Å². The van der Waals surface area contributed by atoms with Gasteiger partial charge < -0.3 is 10.2 Å². The highest BCUT2D eigenvalue weighted by Gasteiger charge is 2.20. The van der Waals surface area contributed by atoms with Gasteiger partial charge in [0.2, 0.25) is 0 Å². The first-order valence-electron chi connectivity index (χ1n) is 11.4. The van der Waals surface area contributed by atoms with Gasteiger partial charge in [0.1, 0.15) is 0 Å². The van der Waals surface area contributed by atoms with Crippen LogP contribution in [-0.2, 0) is 6.42 Å². The molecule has 0 spiro atoms. The van der Waals surface area contributed by atoms with Gasteiger partial charge in [-0.2, -0.15) is 0 Å². The van der Waals surface area contributed by atoms with Crippen molar-refractivity contribution in [3.05, 3.63) is 107 Å². The predicted octanol–water partition coefficient (Wildman–Crippen LogP) is 7.27. The molecule has 2 atom stereocenters. The molecule has 0 aliphatic rings. The Kier molecular flexibility index (Phi) is 9.86.